The molecule has 0 saturated heterocycles. The number of aryl methyl sites for hydroxylation is 1. The van der Waals surface area contributed by atoms with Gasteiger partial charge in [0.1, 0.15) is 0 Å². The molecule has 37 heavy (non-hydrogen) atoms. The van der Waals surface area contributed by atoms with Crippen molar-refractivity contribution >= 4 is 11.9 Å². The van der Waals surface area contributed by atoms with Crippen molar-refractivity contribution in [2.45, 2.75) is 78.1 Å². The average Bonchev–Trinajstić information content (AvgIpc) is 2.92. The van der Waals surface area contributed by atoms with Crippen LogP contribution >= 0.6 is 0 Å². The van der Waals surface area contributed by atoms with Crippen LogP contribution in [-0.4, -0.2) is 11.9 Å². The first kappa shape index (κ1) is 26.7. The van der Waals surface area contributed by atoms with E-state index in [4.69, 9.17) is 9.47 Å². The normalized spacial score (nSPS) is 13.9. The van der Waals surface area contributed by atoms with Crippen molar-refractivity contribution in [3.8, 4) is 11.5 Å². The summed E-state index contributed by atoms with van der Waals surface area (Å²) in [5.74, 6) is 0.674. The van der Waals surface area contributed by atoms with Gasteiger partial charge in [0.2, 0.25) is 0 Å². The molecular formula is C33H38O4. The molecule has 1 aliphatic rings. The second kappa shape index (κ2) is 12.7. The van der Waals surface area contributed by atoms with Crippen LogP contribution in [-0.2, 0) is 12.8 Å². The average molecular weight is 499 g/mol. The Kier molecular flexibility index (Phi) is 9.16. The van der Waals surface area contributed by atoms with E-state index in [2.05, 4.69) is 26.8 Å². The Hall–Kier alpha value is -3.40. The van der Waals surface area contributed by atoms with E-state index in [0.717, 1.165) is 43.2 Å². The molecule has 0 amide bonds. The van der Waals surface area contributed by atoms with Gasteiger partial charge in [-0.25, -0.2) is 9.59 Å². The molecule has 4 rings (SSSR count). The van der Waals surface area contributed by atoms with Crippen LogP contribution < -0.4 is 9.47 Å². The summed E-state index contributed by atoms with van der Waals surface area (Å²) < 4.78 is 12.3. The first-order chi connectivity index (χ1) is 18.0. The van der Waals surface area contributed by atoms with Crippen molar-refractivity contribution in [2.75, 3.05) is 0 Å². The quantitative estimate of drug-likeness (QED) is 0.220. The van der Waals surface area contributed by atoms with Gasteiger partial charge in [-0.1, -0.05) is 88.9 Å². The predicted octanol–water partition coefficient (Wildman–Crippen LogP) is 8.32. The number of hydrogen-bond donors (Lipinski definition) is 0. The summed E-state index contributed by atoms with van der Waals surface area (Å²) in [6, 6.07) is 20.2. The largest absolute Gasteiger partial charge is 0.419 e. The lowest BCUT2D eigenvalue weighted by Gasteiger charge is -2.28. The van der Waals surface area contributed by atoms with Crippen molar-refractivity contribution in [1.82, 2.24) is 0 Å². The van der Waals surface area contributed by atoms with Crippen molar-refractivity contribution in [3.05, 3.63) is 94.5 Å². The Balaban J connectivity index is 1.88. The molecule has 1 fully saturated rings. The molecule has 0 heterocycles. The van der Waals surface area contributed by atoms with Crippen LogP contribution in [0.25, 0.3) is 0 Å². The van der Waals surface area contributed by atoms with E-state index in [-0.39, 0.29) is 0 Å². The van der Waals surface area contributed by atoms with Crippen molar-refractivity contribution in [3.63, 3.8) is 0 Å². The molecule has 0 bridgehead atoms. The van der Waals surface area contributed by atoms with Gasteiger partial charge in [0.05, 0.1) is 11.1 Å². The highest BCUT2D eigenvalue weighted by Gasteiger charge is 2.29. The number of carbonyl (C=O) groups is 2. The molecule has 0 N–H and O–H groups in total. The third kappa shape index (κ3) is 6.68. The predicted molar refractivity (Wildman–Crippen MR) is 148 cm³/mol. The molecule has 0 radical (unpaired) electrons. The lowest BCUT2D eigenvalue weighted by Crippen LogP contribution is -2.18. The summed E-state index contributed by atoms with van der Waals surface area (Å²) in [6.07, 6.45) is 8.30. The Morgan fingerprint density at radius 1 is 0.811 bits per heavy atom. The minimum atomic E-state index is -0.448. The number of carbonyl (C=O) groups excluding carboxylic acids is 2. The summed E-state index contributed by atoms with van der Waals surface area (Å²) in [6.45, 7) is 6.45. The minimum absolute atomic E-state index is 0.339. The van der Waals surface area contributed by atoms with E-state index in [1.807, 2.05) is 36.4 Å². The maximum Gasteiger partial charge on any atom is 0.343 e. The molecule has 0 aliphatic heterocycles. The zero-order chi connectivity index (χ0) is 26.2. The Morgan fingerprint density at radius 2 is 1.35 bits per heavy atom. The second-order valence-electron chi connectivity index (χ2n) is 10.5. The molecule has 0 aromatic heterocycles. The topological polar surface area (TPSA) is 52.6 Å². The van der Waals surface area contributed by atoms with Crippen molar-refractivity contribution in [2.24, 2.45) is 5.92 Å². The van der Waals surface area contributed by atoms with Gasteiger partial charge in [0.15, 0.2) is 11.5 Å². The summed E-state index contributed by atoms with van der Waals surface area (Å²) in [7, 11) is 0. The summed E-state index contributed by atoms with van der Waals surface area (Å²) in [4.78, 5) is 26.6. The summed E-state index contributed by atoms with van der Waals surface area (Å²) in [5.41, 5.74) is 4.12. The number of rotatable bonds is 9. The summed E-state index contributed by atoms with van der Waals surface area (Å²) in [5, 5.41) is 0. The molecule has 1 aliphatic carbocycles. The van der Waals surface area contributed by atoms with E-state index in [9.17, 15) is 9.59 Å². The van der Waals surface area contributed by atoms with Gasteiger partial charge < -0.3 is 9.47 Å². The van der Waals surface area contributed by atoms with E-state index in [1.54, 1.807) is 24.3 Å². The van der Waals surface area contributed by atoms with Crippen LogP contribution in [0.15, 0.2) is 66.7 Å². The monoisotopic (exact) mass is 498 g/mol. The van der Waals surface area contributed by atoms with Crippen LogP contribution in [0.3, 0.4) is 0 Å². The van der Waals surface area contributed by atoms with Crippen LogP contribution in [0, 0.1) is 5.92 Å². The van der Waals surface area contributed by atoms with Crippen LogP contribution in [0.5, 0.6) is 11.5 Å². The Morgan fingerprint density at radius 3 is 1.86 bits per heavy atom. The molecule has 0 atom stereocenters. The Labute approximate surface area is 221 Å². The van der Waals surface area contributed by atoms with Gasteiger partial charge in [0.25, 0.3) is 0 Å². The van der Waals surface area contributed by atoms with Gasteiger partial charge >= 0.3 is 11.9 Å². The van der Waals surface area contributed by atoms with Crippen molar-refractivity contribution < 1.29 is 19.1 Å². The summed E-state index contributed by atoms with van der Waals surface area (Å²) >= 11 is 0. The number of hydrogen-bond acceptors (Lipinski definition) is 4. The van der Waals surface area contributed by atoms with Gasteiger partial charge in [-0.2, -0.15) is 0 Å². The highest BCUT2D eigenvalue weighted by Crippen LogP contribution is 2.45. The van der Waals surface area contributed by atoms with E-state index in [1.165, 1.54) is 24.8 Å². The zero-order valence-corrected chi connectivity index (χ0v) is 22.3. The molecule has 1 saturated carbocycles. The number of benzene rings is 3. The zero-order valence-electron chi connectivity index (χ0n) is 22.3. The minimum Gasteiger partial charge on any atom is -0.419 e. The van der Waals surface area contributed by atoms with Crippen molar-refractivity contribution in [1.29, 1.82) is 0 Å². The molecular weight excluding hydrogens is 460 g/mol. The van der Waals surface area contributed by atoms with E-state index in [0.29, 0.717) is 34.5 Å². The van der Waals surface area contributed by atoms with Gasteiger partial charge in [-0.05, 0) is 72.9 Å². The van der Waals surface area contributed by atoms with Crippen LogP contribution in [0.4, 0.5) is 0 Å². The smallest absolute Gasteiger partial charge is 0.343 e. The highest BCUT2D eigenvalue weighted by atomic mass is 16.6. The maximum atomic E-state index is 13.4. The molecule has 4 heteroatoms. The lowest BCUT2D eigenvalue weighted by atomic mass is 9.79. The van der Waals surface area contributed by atoms with Crippen LogP contribution in [0.2, 0.25) is 0 Å². The molecule has 3 aromatic carbocycles. The van der Waals surface area contributed by atoms with Gasteiger partial charge in [0, 0.05) is 5.56 Å². The first-order valence-corrected chi connectivity index (χ1v) is 13.7. The standard InChI is InChI=1S/C33H38O4/c1-4-14-27-22-28(24-15-8-5-9-16-24)29(21-23(2)3)31(37-33(35)26-19-12-7-13-20-26)30(27)36-32(34)25-17-10-6-11-18-25/h6-7,10-13,17-20,22-24H,4-5,8-9,14-16,21H2,1-3H3. The third-order valence-electron chi connectivity index (χ3n) is 7.04. The molecule has 3 aromatic rings. The molecule has 194 valence electrons. The van der Waals surface area contributed by atoms with E-state index < -0.39 is 11.9 Å². The first-order valence-electron chi connectivity index (χ1n) is 13.7. The molecule has 0 unspecified atom stereocenters. The SMILES string of the molecule is CCCc1cc(C2CCCCC2)c(CC(C)C)c(OC(=O)c2ccccc2)c1OC(=O)c1ccccc1. The number of esters is 2. The third-order valence-corrected chi connectivity index (χ3v) is 7.04. The fraction of sp³-hybridized carbons (Fsp3) is 0.394. The van der Waals surface area contributed by atoms with E-state index >= 15 is 0 Å². The van der Waals surface area contributed by atoms with Gasteiger partial charge in [-0.15, -0.1) is 0 Å². The number of ether oxygens (including phenoxy) is 2. The molecule has 4 nitrogen and oxygen atoms in total. The fourth-order valence-corrected chi connectivity index (χ4v) is 5.28. The second-order valence-corrected chi connectivity index (χ2v) is 10.5. The molecule has 0 spiro atoms. The Bertz CT molecular complexity index is 1190. The lowest BCUT2D eigenvalue weighted by molar-refractivity contribution is 0.0679. The van der Waals surface area contributed by atoms with Gasteiger partial charge in [-0.3, -0.25) is 0 Å². The highest BCUT2D eigenvalue weighted by molar-refractivity contribution is 5.93. The maximum absolute atomic E-state index is 13.4. The van der Waals surface area contributed by atoms with Crippen LogP contribution in [0.1, 0.15) is 103 Å². The fourth-order valence-electron chi connectivity index (χ4n) is 5.28.